The van der Waals surface area contributed by atoms with Gasteiger partial charge in [-0.25, -0.2) is 13.4 Å². The maximum atomic E-state index is 13.0. The van der Waals surface area contributed by atoms with Crippen LogP contribution in [-0.2, 0) is 14.8 Å². The number of nitrogens with zero attached hydrogens (tertiary/aromatic N) is 3. The third-order valence-corrected chi connectivity index (χ3v) is 8.90. The van der Waals surface area contributed by atoms with Gasteiger partial charge in [-0.2, -0.15) is 9.29 Å². The Balaban J connectivity index is 1.39. The second-order valence-electron chi connectivity index (χ2n) is 9.36. The van der Waals surface area contributed by atoms with E-state index < -0.39 is 10.0 Å². The van der Waals surface area contributed by atoms with E-state index in [0.29, 0.717) is 54.5 Å². The molecule has 4 aromatic rings. The quantitative estimate of drug-likeness (QED) is 0.265. The summed E-state index contributed by atoms with van der Waals surface area (Å²) in [6.07, 6.45) is 1.54. The lowest BCUT2D eigenvalue weighted by Gasteiger charge is -2.26. The Kier molecular flexibility index (Phi) is 8.22. The molecule has 1 aliphatic heterocycles. The molecule has 1 aliphatic rings. The van der Waals surface area contributed by atoms with E-state index in [2.05, 4.69) is 20.6 Å². The lowest BCUT2D eigenvalue weighted by atomic mass is 9.99. The fourth-order valence-electron chi connectivity index (χ4n) is 4.48. The number of nitrogens with one attached hydrogen (secondary N) is 2. The SMILES string of the molecule is COc1cc(-c2ccc(S(=O)(=O)N3CCOCC3)cc2)c(C)cc1Nc1ncc(Cl)c(Nc2ccccc2C)n1. The van der Waals surface area contributed by atoms with Gasteiger partial charge in [-0.05, 0) is 66.4 Å². The summed E-state index contributed by atoms with van der Waals surface area (Å²) in [4.78, 5) is 9.17. The van der Waals surface area contributed by atoms with Gasteiger partial charge >= 0.3 is 0 Å². The van der Waals surface area contributed by atoms with Crippen molar-refractivity contribution >= 4 is 44.8 Å². The first-order chi connectivity index (χ1) is 19.3. The normalized spacial score (nSPS) is 14.1. The highest BCUT2D eigenvalue weighted by atomic mass is 35.5. The monoisotopic (exact) mass is 579 g/mol. The van der Waals surface area contributed by atoms with Gasteiger partial charge in [0.1, 0.15) is 10.8 Å². The highest BCUT2D eigenvalue weighted by molar-refractivity contribution is 7.89. The largest absolute Gasteiger partial charge is 0.495 e. The number of hydrogen-bond acceptors (Lipinski definition) is 8. The maximum Gasteiger partial charge on any atom is 0.243 e. The number of para-hydroxylation sites is 1. The van der Waals surface area contributed by atoms with Crippen LogP contribution in [0.4, 0.5) is 23.1 Å². The molecule has 9 nitrogen and oxygen atoms in total. The molecule has 0 spiro atoms. The van der Waals surface area contributed by atoms with Crippen molar-refractivity contribution in [3.8, 4) is 16.9 Å². The Morgan fingerprint density at radius 3 is 2.38 bits per heavy atom. The number of anilines is 4. The summed E-state index contributed by atoms with van der Waals surface area (Å²) >= 11 is 6.37. The molecule has 0 amide bonds. The van der Waals surface area contributed by atoms with Gasteiger partial charge in [0.05, 0.1) is 37.1 Å². The van der Waals surface area contributed by atoms with Crippen LogP contribution < -0.4 is 15.4 Å². The predicted molar refractivity (Wildman–Crippen MR) is 158 cm³/mol. The van der Waals surface area contributed by atoms with Crippen molar-refractivity contribution < 1.29 is 17.9 Å². The number of morpholine rings is 1. The summed E-state index contributed by atoms with van der Waals surface area (Å²) < 4.78 is 38.4. The summed E-state index contributed by atoms with van der Waals surface area (Å²) in [5, 5.41) is 6.90. The molecule has 208 valence electrons. The smallest absolute Gasteiger partial charge is 0.243 e. The fraction of sp³-hybridized carbons (Fsp3) is 0.241. The van der Waals surface area contributed by atoms with Gasteiger partial charge in [-0.15, -0.1) is 0 Å². The first kappa shape index (κ1) is 27.9. The number of hydrogen-bond donors (Lipinski definition) is 2. The van der Waals surface area contributed by atoms with Gasteiger partial charge in [0, 0.05) is 18.8 Å². The average molecular weight is 580 g/mol. The van der Waals surface area contributed by atoms with E-state index in [1.54, 1.807) is 19.2 Å². The number of rotatable bonds is 8. The summed E-state index contributed by atoms with van der Waals surface area (Å²) in [7, 11) is -1.98. The van der Waals surface area contributed by atoms with Crippen LogP contribution in [0.1, 0.15) is 11.1 Å². The van der Waals surface area contributed by atoms with Crippen molar-refractivity contribution in [3.63, 3.8) is 0 Å². The number of aryl methyl sites for hydroxylation is 2. The van der Waals surface area contributed by atoms with Crippen LogP contribution in [-0.4, -0.2) is 56.1 Å². The zero-order valence-corrected chi connectivity index (χ0v) is 24.0. The molecule has 0 aliphatic carbocycles. The summed E-state index contributed by atoms with van der Waals surface area (Å²) in [6, 6.07) is 18.6. The molecule has 0 radical (unpaired) electrons. The van der Waals surface area contributed by atoms with Crippen LogP contribution in [0.5, 0.6) is 5.75 Å². The molecule has 5 rings (SSSR count). The first-order valence-electron chi connectivity index (χ1n) is 12.8. The average Bonchev–Trinajstić information content (AvgIpc) is 2.97. The molecule has 0 saturated carbocycles. The van der Waals surface area contributed by atoms with Crippen LogP contribution in [0.25, 0.3) is 11.1 Å². The standard InChI is InChI=1S/C29H30ClN5O4S/c1-19-6-4-5-7-25(19)32-28-24(30)18-31-29(34-28)33-26-16-20(2)23(17-27(26)38-3)21-8-10-22(11-9-21)40(36,37)35-12-14-39-15-13-35/h4-11,16-18H,12-15H2,1-3H3,(H2,31,32,33,34). The molecule has 2 N–H and O–H groups in total. The van der Waals surface area contributed by atoms with Crippen LogP contribution in [0.15, 0.2) is 71.8 Å². The topological polar surface area (TPSA) is 106 Å². The van der Waals surface area contributed by atoms with E-state index >= 15 is 0 Å². The highest BCUT2D eigenvalue weighted by Crippen LogP contribution is 2.36. The molecule has 2 heterocycles. The van der Waals surface area contributed by atoms with Crippen LogP contribution >= 0.6 is 11.6 Å². The first-order valence-corrected chi connectivity index (χ1v) is 14.6. The predicted octanol–water partition coefficient (Wildman–Crippen LogP) is 5.93. The fourth-order valence-corrected chi connectivity index (χ4v) is 6.03. The van der Waals surface area contributed by atoms with E-state index in [1.807, 2.05) is 62.4 Å². The minimum Gasteiger partial charge on any atom is -0.495 e. The van der Waals surface area contributed by atoms with E-state index in [-0.39, 0.29) is 4.90 Å². The second-order valence-corrected chi connectivity index (χ2v) is 11.7. The molecule has 0 unspecified atom stereocenters. The zero-order valence-electron chi connectivity index (χ0n) is 22.4. The van der Waals surface area contributed by atoms with Crippen LogP contribution in [0.2, 0.25) is 5.02 Å². The Morgan fingerprint density at radius 1 is 0.950 bits per heavy atom. The molecular weight excluding hydrogens is 550 g/mol. The maximum absolute atomic E-state index is 13.0. The van der Waals surface area contributed by atoms with Crippen molar-refractivity contribution in [2.24, 2.45) is 0 Å². The van der Waals surface area contributed by atoms with E-state index in [0.717, 1.165) is 27.9 Å². The number of aromatic nitrogens is 2. The van der Waals surface area contributed by atoms with E-state index in [9.17, 15) is 8.42 Å². The number of halogens is 1. The molecule has 0 atom stereocenters. The van der Waals surface area contributed by atoms with Crippen molar-refractivity contribution in [2.75, 3.05) is 44.0 Å². The molecule has 40 heavy (non-hydrogen) atoms. The Bertz CT molecular complexity index is 1620. The molecular formula is C29H30ClN5O4S. The van der Waals surface area contributed by atoms with Crippen molar-refractivity contribution in [1.29, 1.82) is 0 Å². The lowest BCUT2D eigenvalue weighted by molar-refractivity contribution is 0.0730. The Morgan fingerprint density at radius 2 is 1.68 bits per heavy atom. The van der Waals surface area contributed by atoms with Gasteiger partial charge in [0.2, 0.25) is 16.0 Å². The molecule has 11 heteroatoms. The summed E-state index contributed by atoms with van der Waals surface area (Å²) in [5.41, 5.74) is 5.38. The van der Waals surface area contributed by atoms with Crippen molar-refractivity contribution in [3.05, 3.63) is 83.0 Å². The summed E-state index contributed by atoms with van der Waals surface area (Å²) in [6.45, 7) is 5.50. The molecule has 3 aromatic carbocycles. The highest BCUT2D eigenvalue weighted by Gasteiger charge is 2.26. The number of methoxy groups -OCH3 is 1. The Hall–Kier alpha value is -3.70. The lowest BCUT2D eigenvalue weighted by Crippen LogP contribution is -2.40. The molecule has 0 bridgehead atoms. The van der Waals surface area contributed by atoms with Gasteiger partial charge in [0.15, 0.2) is 5.82 Å². The van der Waals surface area contributed by atoms with Gasteiger partial charge < -0.3 is 20.1 Å². The van der Waals surface area contributed by atoms with Crippen molar-refractivity contribution in [2.45, 2.75) is 18.7 Å². The van der Waals surface area contributed by atoms with Gasteiger partial charge in [-0.1, -0.05) is 41.9 Å². The molecule has 1 saturated heterocycles. The van der Waals surface area contributed by atoms with E-state index in [1.165, 1.54) is 10.5 Å². The summed E-state index contributed by atoms with van der Waals surface area (Å²) in [5.74, 6) is 1.41. The number of sulfonamides is 1. The van der Waals surface area contributed by atoms with Gasteiger partial charge in [0.25, 0.3) is 0 Å². The third kappa shape index (κ3) is 5.90. The Labute approximate surface area is 239 Å². The molecule has 1 aromatic heterocycles. The zero-order chi connectivity index (χ0) is 28.3. The van der Waals surface area contributed by atoms with E-state index in [4.69, 9.17) is 21.1 Å². The van der Waals surface area contributed by atoms with Gasteiger partial charge in [-0.3, -0.25) is 0 Å². The molecule has 1 fully saturated rings. The van der Waals surface area contributed by atoms with Crippen LogP contribution in [0.3, 0.4) is 0 Å². The minimum absolute atomic E-state index is 0.260. The van der Waals surface area contributed by atoms with Crippen LogP contribution in [0, 0.1) is 13.8 Å². The minimum atomic E-state index is -3.56. The number of ether oxygens (including phenoxy) is 2. The van der Waals surface area contributed by atoms with Crippen molar-refractivity contribution in [1.82, 2.24) is 14.3 Å². The second kappa shape index (κ2) is 11.8. The number of benzene rings is 3. The third-order valence-electron chi connectivity index (χ3n) is 6.71.